The fourth-order valence-electron chi connectivity index (χ4n) is 2.47. The number of aliphatic imine (C=N–C) groups is 1. The molecule has 1 aliphatic heterocycles. The van der Waals surface area contributed by atoms with Crippen molar-refractivity contribution < 1.29 is 62.6 Å². The van der Waals surface area contributed by atoms with Crippen LogP contribution < -0.4 is 15.9 Å². The van der Waals surface area contributed by atoms with E-state index in [9.17, 15) is 44.0 Å². The SMILES string of the molecule is O=C([O-])CCC([O-])=Nc1ccn([C@@H]2O[C@H](COP(=O)(O)OP(=O)(O)O)[C@@H](O)[C@@H]2O)c(=O)n1. The molecule has 2 heterocycles. The van der Waals surface area contributed by atoms with Gasteiger partial charge >= 0.3 is 21.3 Å². The van der Waals surface area contributed by atoms with Gasteiger partial charge in [-0.1, -0.05) is 0 Å². The van der Waals surface area contributed by atoms with Gasteiger partial charge in [0.2, 0.25) is 0 Å². The summed E-state index contributed by atoms with van der Waals surface area (Å²) < 4.78 is 35.9. The minimum atomic E-state index is -5.38. The Balaban J connectivity index is 2.10. The summed E-state index contributed by atoms with van der Waals surface area (Å²) in [6.07, 6.45) is -6.69. The number of aliphatic hydroxyl groups is 2. The van der Waals surface area contributed by atoms with Gasteiger partial charge in [0, 0.05) is 12.2 Å². The van der Waals surface area contributed by atoms with Crippen molar-refractivity contribution in [1.29, 1.82) is 0 Å². The number of carbonyl (C=O) groups is 1. The summed E-state index contributed by atoms with van der Waals surface area (Å²) in [5.74, 6) is -2.71. The number of aliphatic carboxylic acids is 1. The summed E-state index contributed by atoms with van der Waals surface area (Å²) in [5.41, 5.74) is -1.09. The first-order chi connectivity index (χ1) is 14.7. The highest BCUT2D eigenvalue weighted by Crippen LogP contribution is 2.57. The fourth-order valence-corrected chi connectivity index (χ4v) is 4.07. The molecule has 5 N–H and O–H groups in total. The molecule has 1 unspecified atom stereocenters. The van der Waals surface area contributed by atoms with Crippen molar-refractivity contribution in [3.05, 3.63) is 22.7 Å². The van der Waals surface area contributed by atoms with Crippen molar-refractivity contribution in [2.45, 2.75) is 37.4 Å². The van der Waals surface area contributed by atoms with E-state index >= 15 is 0 Å². The van der Waals surface area contributed by atoms with Crippen LogP contribution in [0.3, 0.4) is 0 Å². The van der Waals surface area contributed by atoms with Crippen LogP contribution in [0.1, 0.15) is 19.1 Å². The summed E-state index contributed by atoms with van der Waals surface area (Å²) in [6, 6.07) is 1.06. The summed E-state index contributed by atoms with van der Waals surface area (Å²) >= 11 is 0. The molecule has 19 heteroatoms. The normalized spacial score (nSPS) is 26.1. The van der Waals surface area contributed by atoms with E-state index in [-0.39, 0.29) is 5.82 Å². The molecule has 1 aromatic rings. The van der Waals surface area contributed by atoms with Gasteiger partial charge < -0.3 is 44.6 Å². The van der Waals surface area contributed by atoms with Crippen molar-refractivity contribution >= 4 is 33.3 Å². The quantitative estimate of drug-likeness (QED) is 0.116. The van der Waals surface area contributed by atoms with E-state index in [1.165, 1.54) is 0 Å². The van der Waals surface area contributed by atoms with E-state index in [0.717, 1.165) is 12.3 Å². The zero-order valence-corrected chi connectivity index (χ0v) is 17.5. The number of phosphoric ester groups is 1. The second kappa shape index (κ2) is 10.3. The van der Waals surface area contributed by atoms with E-state index in [0.29, 0.717) is 4.57 Å². The van der Waals surface area contributed by atoms with Crippen LogP contribution in [0.2, 0.25) is 0 Å². The maximum atomic E-state index is 12.2. The molecule has 1 aliphatic rings. The number of aliphatic hydroxyl groups excluding tert-OH is 2. The average Bonchev–Trinajstić information content (AvgIpc) is 2.91. The van der Waals surface area contributed by atoms with Crippen LogP contribution in [0.5, 0.6) is 0 Å². The molecule has 0 amide bonds. The van der Waals surface area contributed by atoms with Crippen molar-refractivity contribution in [3.63, 3.8) is 0 Å². The Labute approximate surface area is 178 Å². The third-order valence-corrected chi connectivity index (χ3v) is 5.97. The molecule has 0 saturated carbocycles. The van der Waals surface area contributed by atoms with E-state index in [1.807, 2.05) is 0 Å². The van der Waals surface area contributed by atoms with Crippen LogP contribution in [-0.2, 0) is 27.5 Å². The van der Waals surface area contributed by atoms with Gasteiger partial charge in [0.15, 0.2) is 12.0 Å². The van der Waals surface area contributed by atoms with Gasteiger partial charge in [0.05, 0.1) is 6.61 Å². The Morgan fingerprint density at radius 1 is 1.22 bits per heavy atom. The Bertz CT molecular complexity index is 1020. The first-order valence-electron chi connectivity index (χ1n) is 8.48. The predicted molar refractivity (Wildman–Crippen MR) is 94.7 cm³/mol. The summed E-state index contributed by atoms with van der Waals surface area (Å²) in [7, 11) is -10.6. The van der Waals surface area contributed by atoms with E-state index in [4.69, 9.17) is 14.5 Å². The number of carbonyl (C=O) groups excluding carboxylic acids is 1. The maximum absolute atomic E-state index is 12.2. The number of phosphoric acid groups is 2. The summed E-state index contributed by atoms with van der Waals surface area (Å²) in [6.45, 7) is -0.967. The number of hydrogen-bond donors (Lipinski definition) is 5. The molecule has 0 aliphatic carbocycles. The molecular formula is C13H17N3O14P2-2. The molecule has 0 aromatic carbocycles. The van der Waals surface area contributed by atoms with Crippen LogP contribution in [0.4, 0.5) is 5.82 Å². The number of ether oxygens (including phenoxy) is 1. The molecule has 2 rings (SSSR count). The van der Waals surface area contributed by atoms with Crippen LogP contribution in [0, 0.1) is 0 Å². The lowest BCUT2D eigenvalue weighted by atomic mass is 10.1. The van der Waals surface area contributed by atoms with Gasteiger partial charge in [-0.05, 0) is 24.8 Å². The monoisotopic (exact) mass is 501 g/mol. The molecule has 0 bridgehead atoms. The molecule has 1 fully saturated rings. The Kier molecular flexibility index (Phi) is 8.41. The second-order valence-electron chi connectivity index (χ2n) is 6.24. The number of nitrogens with zero attached hydrogens (tertiary/aromatic N) is 3. The number of carboxylic acids is 1. The molecule has 32 heavy (non-hydrogen) atoms. The van der Waals surface area contributed by atoms with Crippen molar-refractivity contribution in [1.82, 2.24) is 9.55 Å². The standard InChI is InChI=1S/C13H19N3O14P2/c17-8(1-2-9(18)19)14-7-3-4-16(13(22)15-7)12-11(21)10(20)6(29-12)5-28-32(26,27)30-31(23,24)25/h3-4,6,10-12,20-21H,1-2,5H2,(H,18,19)(H,26,27)(H2,23,24,25)(H,14,15,17,22)/p-2/t6-,10-,11+,12-/m1/s1. The van der Waals surface area contributed by atoms with Crippen LogP contribution >= 0.6 is 15.6 Å². The van der Waals surface area contributed by atoms with Crippen LogP contribution in [0.15, 0.2) is 22.1 Å². The number of aromatic nitrogens is 2. The smallest absolute Gasteiger partial charge is 0.481 e. The molecular weight excluding hydrogens is 484 g/mol. The molecule has 0 radical (unpaired) electrons. The first-order valence-corrected chi connectivity index (χ1v) is 11.5. The fraction of sp³-hybridized carbons (Fsp3) is 0.538. The van der Waals surface area contributed by atoms with E-state index < -0.39 is 77.2 Å². The molecule has 180 valence electrons. The molecule has 0 spiro atoms. The van der Waals surface area contributed by atoms with Crippen LogP contribution in [0.25, 0.3) is 0 Å². The van der Waals surface area contributed by atoms with Crippen molar-refractivity contribution in [2.75, 3.05) is 6.61 Å². The third kappa shape index (κ3) is 7.53. The second-order valence-corrected chi connectivity index (χ2v) is 9.07. The minimum absolute atomic E-state index is 0.363. The van der Waals surface area contributed by atoms with Gasteiger partial charge in [-0.3, -0.25) is 9.09 Å². The highest BCUT2D eigenvalue weighted by Gasteiger charge is 2.45. The lowest BCUT2D eigenvalue weighted by Crippen LogP contribution is -2.36. The molecule has 1 aromatic heterocycles. The number of rotatable bonds is 10. The third-order valence-electron chi connectivity index (χ3n) is 3.82. The van der Waals surface area contributed by atoms with Gasteiger partial charge in [0.25, 0.3) is 0 Å². The lowest BCUT2D eigenvalue weighted by molar-refractivity contribution is -0.306. The molecule has 5 atom stereocenters. The maximum Gasteiger partial charge on any atom is 0.481 e. The Morgan fingerprint density at radius 2 is 1.88 bits per heavy atom. The predicted octanol–water partition coefficient (Wildman–Crippen LogP) is -3.99. The zero-order valence-electron chi connectivity index (χ0n) is 15.7. The topological polar surface area (TPSA) is 273 Å². The van der Waals surface area contributed by atoms with Gasteiger partial charge in [-0.2, -0.15) is 9.29 Å². The van der Waals surface area contributed by atoms with Crippen molar-refractivity contribution in [2.24, 2.45) is 4.99 Å². The highest BCUT2D eigenvalue weighted by atomic mass is 31.3. The van der Waals surface area contributed by atoms with E-state index in [1.54, 1.807) is 0 Å². The van der Waals surface area contributed by atoms with Crippen LogP contribution in [-0.4, -0.2) is 71.2 Å². The van der Waals surface area contributed by atoms with Crippen molar-refractivity contribution in [3.8, 4) is 0 Å². The first kappa shape index (κ1) is 26.2. The molecule has 17 nitrogen and oxygen atoms in total. The molecule has 1 saturated heterocycles. The zero-order chi connectivity index (χ0) is 24.3. The Morgan fingerprint density at radius 3 is 2.44 bits per heavy atom. The van der Waals surface area contributed by atoms with E-state index in [2.05, 4.69) is 18.8 Å². The largest absolute Gasteiger partial charge is 0.862 e. The number of hydrogen-bond acceptors (Lipinski definition) is 13. The minimum Gasteiger partial charge on any atom is -0.862 e. The highest BCUT2D eigenvalue weighted by molar-refractivity contribution is 7.60. The summed E-state index contributed by atoms with van der Waals surface area (Å²) in [5, 5.41) is 42.0. The van der Waals surface area contributed by atoms with Gasteiger partial charge in [0.1, 0.15) is 18.3 Å². The van der Waals surface area contributed by atoms with Gasteiger partial charge in [-0.15, -0.1) is 0 Å². The lowest BCUT2D eigenvalue weighted by Gasteiger charge is -2.18. The Hall–Kier alpha value is -2.04. The summed E-state index contributed by atoms with van der Waals surface area (Å²) in [4.78, 5) is 55.7. The number of carboxylic acid groups (broad SMARTS) is 1. The van der Waals surface area contributed by atoms with Gasteiger partial charge in [-0.25, -0.2) is 18.9 Å². The average molecular weight is 501 g/mol.